The number of para-hydroxylation sites is 1. The SMILES string of the molecule is CC(C)c1c(C(=O)Nc2ccccc2)c(-c2ccccc2)c(-c2ccc(F)cc2)n1CC[C@@H](O)C[C@@H](O)CC(O)(O)O. The largest absolute Gasteiger partial charge is 0.393 e. The highest BCUT2D eigenvalue weighted by Gasteiger charge is 2.31. The first kappa shape index (κ1) is 31.1. The third-order valence-corrected chi connectivity index (χ3v) is 7.03. The minimum Gasteiger partial charge on any atom is -0.393 e. The second-order valence-electron chi connectivity index (χ2n) is 10.8. The topological polar surface area (TPSA) is 135 Å². The Balaban J connectivity index is 1.87. The molecule has 0 saturated heterocycles. The number of halogens is 1. The number of hydrogen-bond donors (Lipinski definition) is 6. The summed E-state index contributed by atoms with van der Waals surface area (Å²) in [4.78, 5) is 14.1. The number of amides is 1. The highest BCUT2D eigenvalue weighted by atomic mass is 19.1. The van der Waals surface area contributed by atoms with Crippen molar-refractivity contribution < 1.29 is 34.7 Å². The summed E-state index contributed by atoms with van der Waals surface area (Å²) in [5.74, 6) is -3.90. The Morgan fingerprint density at radius 2 is 1.45 bits per heavy atom. The maximum Gasteiger partial charge on any atom is 0.277 e. The van der Waals surface area contributed by atoms with Crippen LogP contribution in [0.2, 0.25) is 0 Å². The normalized spacial score (nSPS) is 13.3. The number of aliphatic hydroxyl groups is 5. The molecule has 222 valence electrons. The highest BCUT2D eigenvalue weighted by Crippen LogP contribution is 2.42. The molecule has 8 nitrogen and oxygen atoms in total. The molecule has 3 aromatic carbocycles. The molecule has 0 aliphatic carbocycles. The van der Waals surface area contributed by atoms with Gasteiger partial charge in [0.25, 0.3) is 11.9 Å². The quantitative estimate of drug-likeness (QED) is 0.133. The third-order valence-electron chi connectivity index (χ3n) is 7.03. The number of rotatable bonds is 12. The van der Waals surface area contributed by atoms with Crippen LogP contribution in [0.4, 0.5) is 10.1 Å². The first-order chi connectivity index (χ1) is 19.9. The van der Waals surface area contributed by atoms with E-state index in [1.54, 1.807) is 24.3 Å². The Morgan fingerprint density at radius 3 is 2.02 bits per heavy atom. The van der Waals surface area contributed by atoms with Crippen molar-refractivity contribution in [1.82, 2.24) is 4.57 Å². The lowest BCUT2D eigenvalue weighted by molar-refractivity contribution is -0.323. The van der Waals surface area contributed by atoms with Gasteiger partial charge in [0.05, 0.1) is 29.9 Å². The molecular formula is C33H37FN2O6. The van der Waals surface area contributed by atoms with Gasteiger partial charge in [0.15, 0.2) is 0 Å². The number of nitrogens with zero attached hydrogens (tertiary/aromatic N) is 1. The van der Waals surface area contributed by atoms with Crippen molar-refractivity contribution >= 4 is 11.6 Å². The molecule has 4 aromatic rings. The fraction of sp³-hybridized carbons (Fsp3) is 0.303. The van der Waals surface area contributed by atoms with Crippen LogP contribution in [0.5, 0.6) is 0 Å². The number of benzene rings is 3. The van der Waals surface area contributed by atoms with Gasteiger partial charge in [0.2, 0.25) is 0 Å². The Kier molecular flexibility index (Phi) is 9.93. The van der Waals surface area contributed by atoms with Crippen molar-refractivity contribution in [1.29, 1.82) is 0 Å². The van der Waals surface area contributed by atoms with Crippen LogP contribution >= 0.6 is 0 Å². The third kappa shape index (κ3) is 7.70. The van der Waals surface area contributed by atoms with Crippen molar-refractivity contribution in [2.24, 2.45) is 0 Å². The Hall–Kier alpha value is -3.86. The minimum absolute atomic E-state index is 0.139. The fourth-order valence-corrected chi connectivity index (χ4v) is 5.32. The average molecular weight is 577 g/mol. The summed E-state index contributed by atoms with van der Waals surface area (Å²) in [6.07, 6.45) is -3.23. The van der Waals surface area contributed by atoms with Gasteiger partial charge in [-0.15, -0.1) is 0 Å². The van der Waals surface area contributed by atoms with Crippen molar-refractivity contribution in [3.63, 3.8) is 0 Å². The number of aromatic nitrogens is 1. The number of anilines is 1. The molecule has 0 aliphatic heterocycles. The van der Waals surface area contributed by atoms with Gasteiger partial charge in [0.1, 0.15) is 5.82 Å². The van der Waals surface area contributed by atoms with Crippen molar-refractivity contribution in [2.75, 3.05) is 5.32 Å². The Labute approximate surface area is 244 Å². The molecule has 0 unspecified atom stereocenters. The molecule has 9 heteroatoms. The molecule has 1 aromatic heterocycles. The fourth-order valence-electron chi connectivity index (χ4n) is 5.32. The summed E-state index contributed by atoms with van der Waals surface area (Å²) < 4.78 is 16.0. The lowest BCUT2D eigenvalue weighted by Crippen LogP contribution is -2.34. The highest BCUT2D eigenvalue weighted by molar-refractivity contribution is 6.12. The molecule has 0 fully saturated rings. The first-order valence-electron chi connectivity index (χ1n) is 13.9. The molecule has 0 bridgehead atoms. The van der Waals surface area contributed by atoms with Crippen LogP contribution in [-0.4, -0.2) is 54.2 Å². The van der Waals surface area contributed by atoms with Crippen molar-refractivity contribution in [3.8, 4) is 22.4 Å². The predicted octanol–water partition coefficient (Wildman–Crippen LogP) is 4.86. The zero-order valence-corrected chi connectivity index (χ0v) is 23.6. The molecule has 1 heterocycles. The molecule has 0 radical (unpaired) electrons. The maximum atomic E-state index is 14.1. The second kappa shape index (κ2) is 13.4. The lowest BCUT2D eigenvalue weighted by Gasteiger charge is -2.22. The summed E-state index contributed by atoms with van der Waals surface area (Å²) in [5.41, 5.74) is 4.61. The molecule has 4 rings (SSSR count). The zero-order chi connectivity index (χ0) is 30.4. The van der Waals surface area contributed by atoms with E-state index in [-0.39, 0.29) is 31.2 Å². The van der Waals surface area contributed by atoms with E-state index >= 15 is 0 Å². The van der Waals surface area contributed by atoms with Crippen LogP contribution in [-0.2, 0) is 6.54 Å². The molecule has 42 heavy (non-hydrogen) atoms. The summed E-state index contributed by atoms with van der Waals surface area (Å²) in [6, 6.07) is 24.6. The van der Waals surface area contributed by atoms with Gasteiger partial charge >= 0.3 is 0 Å². The number of carbonyl (C=O) groups is 1. The Morgan fingerprint density at radius 1 is 0.857 bits per heavy atom. The van der Waals surface area contributed by atoms with Crippen molar-refractivity contribution in [3.05, 3.63) is 102 Å². The molecule has 2 atom stereocenters. The molecule has 0 saturated carbocycles. The van der Waals surface area contributed by atoms with E-state index < -0.39 is 30.4 Å². The van der Waals surface area contributed by atoms with Crippen LogP contribution in [0.3, 0.4) is 0 Å². The number of hydrogen-bond acceptors (Lipinski definition) is 6. The molecular weight excluding hydrogens is 539 g/mol. The standard InChI is InChI=1S/C33H37FN2O6/c1-21(2)30-29(32(39)35-25-11-7-4-8-12-25)28(22-9-5-3-6-10-22)31(23-13-15-24(34)16-14-23)36(30)18-17-26(37)19-27(38)20-33(40,41)42/h3-16,21,26-27,37-38,40-42H,17-20H2,1-2H3,(H,35,39)/t26-,27-/m1/s1. The van der Waals surface area contributed by atoms with Gasteiger partial charge in [0, 0.05) is 23.5 Å². The number of nitrogens with one attached hydrogen (secondary N) is 1. The van der Waals surface area contributed by atoms with Crippen LogP contribution in [0.15, 0.2) is 84.9 Å². The van der Waals surface area contributed by atoms with Gasteiger partial charge in [-0.3, -0.25) is 4.79 Å². The van der Waals surface area contributed by atoms with Crippen LogP contribution in [0, 0.1) is 5.82 Å². The smallest absolute Gasteiger partial charge is 0.277 e. The summed E-state index contributed by atoms with van der Waals surface area (Å²) in [5, 5.41) is 51.5. The summed E-state index contributed by atoms with van der Waals surface area (Å²) in [6.45, 7) is 4.17. The molecule has 1 amide bonds. The van der Waals surface area contributed by atoms with Crippen LogP contribution < -0.4 is 5.32 Å². The predicted molar refractivity (Wildman–Crippen MR) is 159 cm³/mol. The van der Waals surface area contributed by atoms with Gasteiger partial charge in [-0.2, -0.15) is 0 Å². The number of carbonyl (C=O) groups excluding carboxylic acids is 1. The van der Waals surface area contributed by atoms with Gasteiger partial charge in [-0.1, -0.05) is 62.4 Å². The van der Waals surface area contributed by atoms with Gasteiger partial charge in [-0.05, 0) is 66.3 Å². The zero-order valence-electron chi connectivity index (χ0n) is 23.6. The lowest BCUT2D eigenvalue weighted by atomic mass is 9.94. The van der Waals surface area contributed by atoms with Crippen LogP contribution in [0.25, 0.3) is 22.4 Å². The van der Waals surface area contributed by atoms with Gasteiger partial charge < -0.3 is 35.4 Å². The molecule has 0 spiro atoms. The van der Waals surface area contributed by atoms with E-state index in [0.717, 1.165) is 11.3 Å². The molecule has 6 N–H and O–H groups in total. The molecule has 0 aliphatic rings. The first-order valence-corrected chi connectivity index (χ1v) is 13.9. The monoisotopic (exact) mass is 576 g/mol. The van der Waals surface area contributed by atoms with Crippen LogP contribution in [0.1, 0.15) is 55.1 Å². The summed E-state index contributed by atoms with van der Waals surface area (Å²) in [7, 11) is 0. The van der Waals surface area contributed by atoms with E-state index in [2.05, 4.69) is 5.32 Å². The van der Waals surface area contributed by atoms with E-state index in [1.165, 1.54) is 12.1 Å². The number of aliphatic hydroxyl groups excluding tert-OH is 2. The minimum atomic E-state index is -3.05. The summed E-state index contributed by atoms with van der Waals surface area (Å²) >= 11 is 0. The second-order valence-corrected chi connectivity index (χ2v) is 10.8. The van der Waals surface area contributed by atoms with Crippen molar-refractivity contribution in [2.45, 2.75) is 63.8 Å². The van der Waals surface area contributed by atoms with E-state index in [0.29, 0.717) is 28.1 Å². The maximum absolute atomic E-state index is 14.1. The average Bonchev–Trinajstić information content (AvgIpc) is 3.28. The van der Waals surface area contributed by atoms with E-state index in [1.807, 2.05) is 66.9 Å². The Bertz CT molecular complexity index is 1460. The van der Waals surface area contributed by atoms with Gasteiger partial charge in [-0.25, -0.2) is 4.39 Å². The van der Waals surface area contributed by atoms with E-state index in [4.69, 9.17) is 0 Å². The van der Waals surface area contributed by atoms with E-state index in [9.17, 15) is 34.7 Å².